The lowest BCUT2D eigenvalue weighted by Gasteiger charge is -2.19. The molecule has 21 heavy (non-hydrogen) atoms. The standard InChI is InChI=1S/C16H22FN3O/c1-2-6-18-15-14(7-13(17)8-19-15)16(21)20-9-11-4-3-5-12(11)10-20/h7-8,11-12H,2-6,9-10H2,1H3,(H,18,19). The second-order valence-corrected chi connectivity index (χ2v) is 6.14. The number of hydrogen-bond donors (Lipinski definition) is 1. The minimum absolute atomic E-state index is 0.0880. The minimum atomic E-state index is -0.459. The van der Waals surface area contributed by atoms with E-state index in [1.54, 1.807) is 0 Å². The molecule has 2 heterocycles. The van der Waals surface area contributed by atoms with Crippen LogP contribution in [-0.2, 0) is 0 Å². The molecule has 0 bridgehead atoms. The number of carbonyl (C=O) groups excluding carboxylic acids is 1. The van der Waals surface area contributed by atoms with Gasteiger partial charge in [-0.25, -0.2) is 9.37 Å². The fraction of sp³-hybridized carbons (Fsp3) is 0.625. The Hall–Kier alpha value is -1.65. The predicted octanol–water partition coefficient (Wildman–Crippen LogP) is 2.91. The summed E-state index contributed by atoms with van der Waals surface area (Å²) in [5, 5.41) is 3.12. The third-order valence-electron chi connectivity index (χ3n) is 4.64. The van der Waals surface area contributed by atoms with Gasteiger partial charge in [0.1, 0.15) is 11.6 Å². The van der Waals surface area contributed by atoms with Crippen LogP contribution in [-0.4, -0.2) is 35.4 Å². The molecule has 1 aliphatic heterocycles. The molecule has 5 heteroatoms. The van der Waals surface area contributed by atoms with Crippen molar-refractivity contribution >= 4 is 11.7 Å². The lowest BCUT2D eigenvalue weighted by atomic mass is 10.0. The van der Waals surface area contributed by atoms with E-state index in [0.717, 1.165) is 32.3 Å². The zero-order chi connectivity index (χ0) is 14.8. The molecule has 1 saturated carbocycles. The summed E-state index contributed by atoms with van der Waals surface area (Å²) in [6.07, 6.45) is 5.81. The van der Waals surface area contributed by atoms with Gasteiger partial charge in [-0.15, -0.1) is 0 Å². The van der Waals surface area contributed by atoms with Gasteiger partial charge in [0.05, 0.1) is 11.8 Å². The van der Waals surface area contributed by atoms with Crippen molar-refractivity contribution in [2.24, 2.45) is 11.8 Å². The number of nitrogens with zero attached hydrogens (tertiary/aromatic N) is 2. The fourth-order valence-electron chi connectivity index (χ4n) is 3.56. The second kappa shape index (κ2) is 6.00. The van der Waals surface area contributed by atoms with Crippen LogP contribution in [0.3, 0.4) is 0 Å². The van der Waals surface area contributed by atoms with E-state index in [9.17, 15) is 9.18 Å². The maximum atomic E-state index is 13.5. The minimum Gasteiger partial charge on any atom is -0.369 e. The van der Waals surface area contributed by atoms with E-state index < -0.39 is 5.82 Å². The van der Waals surface area contributed by atoms with Gasteiger partial charge in [0.25, 0.3) is 5.91 Å². The number of carbonyl (C=O) groups is 1. The molecule has 2 unspecified atom stereocenters. The lowest BCUT2D eigenvalue weighted by molar-refractivity contribution is 0.0780. The van der Waals surface area contributed by atoms with E-state index in [0.29, 0.717) is 23.2 Å². The summed E-state index contributed by atoms with van der Waals surface area (Å²) in [7, 11) is 0. The highest BCUT2D eigenvalue weighted by Gasteiger charge is 2.38. The summed E-state index contributed by atoms with van der Waals surface area (Å²) in [5.74, 6) is 1.24. The highest BCUT2D eigenvalue weighted by Crippen LogP contribution is 2.38. The van der Waals surface area contributed by atoms with Crippen LogP contribution < -0.4 is 5.32 Å². The number of likely N-dealkylation sites (tertiary alicyclic amines) is 1. The third-order valence-corrected chi connectivity index (χ3v) is 4.64. The fourth-order valence-corrected chi connectivity index (χ4v) is 3.56. The molecule has 0 aromatic carbocycles. The molecule has 1 amide bonds. The first-order chi connectivity index (χ1) is 10.2. The first-order valence-electron chi connectivity index (χ1n) is 7.87. The van der Waals surface area contributed by atoms with Gasteiger partial charge in [-0.1, -0.05) is 13.3 Å². The van der Waals surface area contributed by atoms with Gasteiger partial charge in [-0.3, -0.25) is 4.79 Å². The molecule has 4 nitrogen and oxygen atoms in total. The number of nitrogens with one attached hydrogen (secondary N) is 1. The van der Waals surface area contributed by atoms with Gasteiger partial charge in [-0.2, -0.15) is 0 Å². The molecule has 0 spiro atoms. The van der Waals surface area contributed by atoms with Gasteiger partial charge in [0, 0.05) is 19.6 Å². The molecule has 114 valence electrons. The largest absolute Gasteiger partial charge is 0.369 e. The number of fused-ring (bicyclic) bond motifs is 1. The van der Waals surface area contributed by atoms with E-state index in [1.165, 1.54) is 25.3 Å². The van der Waals surface area contributed by atoms with Crippen molar-refractivity contribution in [1.82, 2.24) is 9.88 Å². The Bertz CT molecular complexity index is 522. The second-order valence-electron chi connectivity index (χ2n) is 6.14. The summed E-state index contributed by atoms with van der Waals surface area (Å²) in [4.78, 5) is 18.6. The van der Waals surface area contributed by atoms with Crippen LogP contribution in [0.1, 0.15) is 43.0 Å². The molecule has 1 N–H and O–H groups in total. The molecule has 0 radical (unpaired) electrons. The predicted molar refractivity (Wildman–Crippen MR) is 79.7 cm³/mol. The van der Waals surface area contributed by atoms with Gasteiger partial charge in [0.2, 0.25) is 0 Å². The van der Waals surface area contributed by atoms with E-state index in [-0.39, 0.29) is 5.91 Å². The zero-order valence-electron chi connectivity index (χ0n) is 12.4. The van der Waals surface area contributed by atoms with Gasteiger partial charge in [0.15, 0.2) is 0 Å². The Morgan fingerprint density at radius 3 is 2.81 bits per heavy atom. The smallest absolute Gasteiger partial charge is 0.257 e. The quantitative estimate of drug-likeness (QED) is 0.927. The molecular weight excluding hydrogens is 269 g/mol. The molecule has 2 aliphatic rings. The first-order valence-corrected chi connectivity index (χ1v) is 7.87. The van der Waals surface area contributed by atoms with E-state index in [2.05, 4.69) is 10.3 Å². The van der Waals surface area contributed by atoms with Crippen molar-refractivity contribution in [3.63, 3.8) is 0 Å². The highest BCUT2D eigenvalue weighted by molar-refractivity contribution is 5.98. The van der Waals surface area contributed by atoms with Crippen LogP contribution in [0, 0.1) is 17.7 Å². The maximum absolute atomic E-state index is 13.5. The van der Waals surface area contributed by atoms with E-state index in [4.69, 9.17) is 0 Å². The SMILES string of the molecule is CCCNc1ncc(F)cc1C(=O)N1CC2CCCC2C1. The molecule has 2 fully saturated rings. The average Bonchev–Trinajstić information content (AvgIpc) is 3.06. The number of halogens is 1. The van der Waals surface area contributed by atoms with Crippen LogP contribution in [0.4, 0.5) is 10.2 Å². The van der Waals surface area contributed by atoms with Gasteiger partial charge in [-0.05, 0) is 37.2 Å². The zero-order valence-corrected chi connectivity index (χ0v) is 12.4. The summed E-state index contributed by atoms with van der Waals surface area (Å²) in [5.41, 5.74) is 0.364. The number of pyridine rings is 1. The van der Waals surface area contributed by atoms with Crippen LogP contribution >= 0.6 is 0 Å². The molecule has 1 aromatic rings. The van der Waals surface area contributed by atoms with Crippen molar-refractivity contribution in [2.75, 3.05) is 25.0 Å². The Balaban J connectivity index is 1.78. The first kappa shape index (κ1) is 14.3. The van der Waals surface area contributed by atoms with Crippen molar-refractivity contribution in [2.45, 2.75) is 32.6 Å². The number of rotatable bonds is 4. The maximum Gasteiger partial charge on any atom is 0.257 e. The van der Waals surface area contributed by atoms with Gasteiger partial charge >= 0.3 is 0 Å². The number of anilines is 1. The number of aromatic nitrogens is 1. The van der Waals surface area contributed by atoms with Crippen molar-refractivity contribution < 1.29 is 9.18 Å². The summed E-state index contributed by atoms with van der Waals surface area (Å²) in [6.45, 7) is 4.39. The molecule has 1 saturated heterocycles. The molecular formula is C16H22FN3O. The summed E-state index contributed by atoms with van der Waals surface area (Å²) < 4.78 is 13.5. The van der Waals surface area contributed by atoms with E-state index in [1.807, 2.05) is 11.8 Å². The Labute approximate surface area is 124 Å². The molecule has 3 rings (SSSR count). The number of amides is 1. The van der Waals surface area contributed by atoms with E-state index >= 15 is 0 Å². The topological polar surface area (TPSA) is 45.2 Å². The average molecular weight is 291 g/mol. The van der Waals surface area contributed by atoms with Crippen LogP contribution in [0.5, 0.6) is 0 Å². The highest BCUT2D eigenvalue weighted by atomic mass is 19.1. The van der Waals surface area contributed by atoms with Gasteiger partial charge < -0.3 is 10.2 Å². The molecule has 1 aromatic heterocycles. The summed E-state index contributed by atoms with van der Waals surface area (Å²) in [6, 6.07) is 1.31. The number of hydrogen-bond acceptors (Lipinski definition) is 3. The molecule has 1 aliphatic carbocycles. The normalized spacial score (nSPS) is 24.2. The Morgan fingerprint density at radius 1 is 1.43 bits per heavy atom. The summed E-state index contributed by atoms with van der Waals surface area (Å²) >= 11 is 0. The van der Waals surface area contributed by atoms with Crippen molar-refractivity contribution in [3.05, 3.63) is 23.6 Å². The van der Waals surface area contributed by atoms with Crippen LogP contribution in [0.25, 0.3) is 0 Å². The van der Waals surface area contributed by atoms with Crippen LogP contribution in [0.15, 0.2) is 12.3 Å². The lowest BCUT2D eigenvalue weighted by Crippen LogP contribution is -2.30. The van der Waals surface area contributed by atoms with Crippen molar-refractivity contribution in [3.8, 4) is 0 Å². The van der Waals surface area contributed by atoms with Crippen LogP contribution in [0.2, 0.25) is 0 Å². The van der Waals surface area contributed by atoms with Crippen molar-refractivity contribution in [1.29, 1.82) is 0 Å². The Kier molecular flexibility index (Phi) is 4.08. The molecule has 2 atom stereocenters. The monoisotopic (exact) mass is 291 g/mol. The Morgan fingerprint density at radius 2 is 2.14 bits per heavy atom. The third kappa shape index (κ3) is 2.87.